The summed E-state index contributed by atoms with van der Waals surface area (Å²) < 4.78 is 29.0. The number of ether oxygens (including phenoxy) is 1. The molecule has 2 saturated heterocycles. The number of thioether (sulfide) groups is 1. The van der Waals surface area contributed by atoms with Gasteiger partial charge in [0, 0.05) is 48.2 Å². The second kappa shape index (κ2) is 10.5. The number of anilines is 1. The number of sulfone groups is 1. The van der Waals surface area contributed by atoms with Crippen LogP contribution in [-0.4, -0.2) is 97.6 Å². The Hall–Kier alpha value is -2.43. The van der Waals surface area contributed by atoms with Crippen LogP contribution >= 0.6 is 11.8 Å². The summed E-state index contributed by atoms with van der Waals surface area (Å²) in [6.07, 6.45) is 1.39. The van der Waals surface area contributed by atoms with E-state index in [0.29, 0.717) is 47.8 Å². The molecule has 0 bridgehead atoms. The number of rotatable bonds is 7. The predicted molar refractivity (Wildman–Crippen MR) is 130 cm³/mol. The molecule has 10 nitrogen and oxygen atoms in total. The third-order valence-corrected chi connectivity index (χ3v) is 7.87. The molecule has 2 aliphatic rings. The van der Waals surface area contributed by atoms with Gasteiger partial charge < -0.3 is 20.1 Å². The Morgan fingerprint density at radius 2 is 2.26 bits per heavy atom. The lowest BCUT2D eigenvalue weighted by Crippen LogP contribution is -2.46. The molecule has 2 aromatic rings. The van der Waals surface area contributed by atoms with E-state index in [4.69, 9.17) is 4.74 Å². The number of amides is 1. The molecule has 34 heavy (non-hydrogen) atoms. The highest BCUT2D eigenvalue weighted by Crippen LogP contribution is 2.26. The molecule has 4 rings (SSSR count). The second-order valence-electron chi connectivity index (χ2n) is 8.44. The largest absolute Gasteiger partial charge is 0.376 e. The summed E-state index contributed by atoms with van der Waals surface area (Å²) in [5, 5.41) is 23.1. The topological polar surface area (TPSA) is 136 Å². The molecule has 0 spiro atoms. The molecule has 2 aliphatic heterocycles. The monoisotopic (exact) mass is 505 g/mol. The number of aromatic nitrogens is 1. The molecule has 2 fully saturated rings. The van der Waals surface area contributed by atoms with Crippen LogP contribution in [0.15, 0.2) is 30.5 Å². The molecule has 0 saturated carbocycles. The Balaban J connectivity index is 1.49. The minimum Gasteiger partial charge on any atom is -0.376 e. The van der Waals surface area contributed by atoms with Crippen molar-refractivity contribution >= 4 is 44.1 Å². The van der Waals surface area contributed by atoms with Crippen LogP contribution in [0.3, 0.4) is 0 Å². The highest BCUT2D eigenvalue weighted by atomic mass is 32.2. The number of aliphatic hydroxyl groups is 1. The van der Waals surface area contributed by atoms with Gasteiger partial charge in [0.05, 0.1) is 42.2 Å². The maximum Gasteiger partial charge on any atom is 0.252 e. The first-order valence-electron chi connectivity index (χ1n) is 10.9. The van der Waals surface area contributed by atoms with E-state index >= 15 is 0 Å². The van der Waals surface area contributed by atoms with Gasteiger partial charge in [-0.1, -0.05) is 0 Å². The third-order valence-electron chi connectivity index (χ3n) is 5.86. The van der Waals surface area contributed by atoms with Crippen molar-refractivity contribution in [2.45, 2.75) is 18.4 Å². The minimum absolute atomic E-state index is 0.00227. The summed E-state index contributed by atoms with van der Waals surface area (Å²) in [4.78, 5) is 21.1. The first-order chi connectivity index (χ1) is 16.2. The van der Waals surface area contributed by atoms with Crippen molar-refractivity contribution in [3.05, 3.63) is 36.0 Å². The van der Waals surface area contributed by atoms with Gasteiger partial charge in [0.2, 0.25) is 0 Å². The number of hydrogen-bond acceptors (Lipinski definition) is 10. The molecule has 3 atom stereocenters. The van der Waals surface area contributed by atoms with Crippen LogP contribution in [0, 0.1) is 11.3 Å². The van der Waals surface area contributed by atoms with Crippen molar-refractivity contribution in [2.24, 2.45) is 0 Å². The van der Waals surface area contributed by atoms with E-state index in [1.54, 1.807) is 28.9 Å². The summed E-state index contributed by atoms with van der Waals surface area (Å²) in [6.45, 7) is 1.45. The highest BCUT2D eigenvalue weighted by molar-refractivity contribution is 7.99. The Morgan fingerprint density at radius 3 is 3.03 bits per heavy atom. The van der Waals surface area contributed by atoms with E-state index in [1.807, 2.05) is 23.1 Å². The average molecular weight is 506 g/mol. The fourth-order valence-corrected chi connectivity index (χ4v) is 6.21. The normalized spacial score (nSPS) is 22.4. The standard InChI is InChI=1S/C22H27N5O5S2/c1-34(30,31)13-17-11-26(6-7-32-17)15-2-3-20-19(8-15)18(4-5-24-20)22(29)25-10-21(28)27-14-33-12-16(27)9-23/h2-5,8,16-17,21,28H,6-7,10-14H2,1H3,(H,25,29)/t16-,17+,21?/m1/s1. The number of carbonyl (C=O) groups excluding carboxylic acids is 1. The summed E-state index contributed by atoms with van der Waals surface area (Å²) in [6, 6.07) is 9.03. The number of aliphatic hydroxyl groups excluding tert-OH is 1. The number of carbonyl (C=O) groups is 1. The van der Waals surface area contributed by atoms with Crippen molar-refractivity contribution in [3.63, 3.8) is 0 Å². The summed E-state index contributed by atoms with van der Waals surface area (Å²) >= 11 is 1.57. The fraction of sp³-hybridized carbons (Fsp3) is 0.500. The van der Waals surface area contributed by atoms with E-state index in [1.165, 1.54) is 6.26 Å². The zero-order valence-electron chi connectivity index (χ0n) is 18.8. The Labute approximate surface area is 202 Å². The number of nitriles is 1. The molecule has 12 heteroatoms. The van der Waals surface area contributed by atoms with Crippen LogP contribution < -0.4 is 10.2 Å². The molecule has 1 aromatic carbocycles. The van der Waals surface area contributed by atoms with Gasteiger partial charge in [0.1, 0.15) is 22.1 Å². The van der Waals surface area contributed by atoms with Crippen molar-refractivity contribution in [1.29, 1.82) is 5.26 Å². The Morgan fingerprint density at radius 1 is 1.44 bits per heavy atom. The smallest absolute Gasteiger partial charge is 0.252 e. The zero-order chi connectivity index (χ0) is 24.3. The summed E-state index contributed by atoms with van der Waals surface area (Å²) in [5.41, 5.74) is 1.92. The lowest BCUT2D eigenvalue weighted by molar-refractivity contribution is 0.0130. The number of nitrogens with one attached hydrogen (secondary N) is 1. The number of pyridine rings is 1. The maximum absolute atomic E-state index is 13.0. The van der Waals surface area contributed by atoms with Crippen molar-refractivity contribution in [2.75, 3.05) is 54.8 Å². The first-order valence-corrected chi connectivity index (χ1v) is 14.1. The molecule has 1 unspecified atom stereocenters. The van der Waals surface area contributed by atoms with Gasteiger partial charge in [-0.3, -0.25) is 14.7 Å². The lowest BCUT2D eigenvalue weighted by atomic mass is 10.1. The van der Waals surface area contributed by atoms with Crippen molar-refractivity contribution in [1.82, 2.24) is 15.2 Å². The maximum atomic E-state index is 13.0. The average Bonchev–Trinajstić information content (AvgIpc) is 3.30. The summed E-state index contributed by atoms with van der Waals surface area (Å²) in [5.74, 6) is 0.778. The van der Waals surface area contributed by atoms with E-state index in [2.05, 4.69) is 16.4 Å². The number of hydrogen-bond donors (Lipinski definition) is 2. The zero-order valence-corrected chi connectivity index (χ0v) is 20.4. The molecular weight excluding hydrogens is 478 g/mol. The van der Waals surface area contributed by atoms with Crippen LogP contribution in [0.1, 0.15) is 10.4 Å². The number of benzene rings is 1. The lowest BCUT2D eigenvalue weighted by Gasteiger charge is -2.34. The van der Waals surface area contributed by atoms with Gasteiger partial charge in [-0.05, 0) is 24.3 Å². The minimum atomic E-state index is -3.16. The molecule has 2 N–H and O–H groups in total. The van der Waals surface area contributed by atoms with Gasteiger partial charge in [-0.2, -0.15) is 5.26 Å². The summed E-state index contributed by atoms with van der Waals surface area (Å²) in [7, 11) is -3.16. The van der Waals surface area contributed by atoms with Gasteiger partial charge in [-0.15, -0.1) is 11.8 Å². The van der Waals surface area contributed by atoms with Crippen LogP contribution in [0.2, 0.25) is 0 Å². The number of morpholine rings is 1. The van der Waals surface area contributed by atoms with Crippen molar-refractivity contribution < 1.29 is 23.1 Å². The van der Waals surface area contributed by atoms with Crippen LogP contribution in [-0.2, 0) is 14.6 Å². The molecule has 182 valence electrons. The van der Waals surface area contributed by atoms with Crippen LogP contribution in [0.25, 0.3) is 10.9 Å². The predicted octanol–water partition coefficient (Wildman–Crippen LogP) is 0.431. The fourth-order valence-electron chi connectivity index (χ4n) is 4.18. The van der Waals surface area contributed by atoms with E-state index in [9.17, 15) is 23.6 Å². The molecule has 0 radical (unpaired) electrons. The van der Waals surface area contributed by atoms with E-state index in [0.717, 1.165) is 5.69 Å². The van der Waals surface area contributed by atoms with Crippen LogP contribution in [0.5, 0.6) is 0 Å². The molecule has 1 amide bonds. The number of fused-ring (bicyclic) bond motifs is 1. The SMILES string of the molecule is CS(=O)(=O)C[C@@H]1CN(c2ccc3nccc(C(=O)NCC(O)N4CSC[C@H]4C#N)c3c2)CCO1. The van der Waals surface area contributed by atoms with Crippen molar-refractivity contribution in [3.8, 4) is 6.07 Å². The number of nitrogens with zero attached hydrogens (tertiary/aromatic N) is 4. The Bertz CT molecular complexity index is 1200. The molecular formula is C22H27N5O5S2. The third kappa shape index (κ3) is 5.79. The quantitative estimate of drug-likeness (QED) is 0.545. The van der Waals surface area contributed by atoms with Gasteiger partial charge >= 0.3 is 0 Å². The van der Waals surface area contributed by atoms with Crippen LogP contribution in [0.4, 0.5) is 5.69 Å². The van der Waals surface area contributed by atoms with Gasteiger partial charge in [0.15, 0.2) is 0 Å². The molecule has 1 aromatic heterocycles. The van der Waals surface area contributed by atoms with Gasteiger partial charge in [0.25, 0.3) is 5.91 Å². The molecule has 0 aliphatic carbocycles. The highest BCUT2D eigenvalue weighted by Gasteiger charge is 2.30. The van der Waals surface area contributed by atoms with Gasteiger partial charge in [-0.25, -0.2) is 8.42 Å². The first kappa shape index (κ1) is 24.7. The van der Waals surface area contributed by atoms with E-state index in [-0.39, 0.29) is 24.2 Å². The second-order valence-corrected chi connectivity index (χ2v) is 11.6. The van der Waals surface area contributed by atoms with E-state index < -0.39 is 22.2 Å². The Kier molecular flexibility index (Phi) is 7.59. The molecule has 3 heterocycles.